The van der Waals surface area contributed by atoms with E-state index >= 15 is 0 Å². The van der Waals surface area contributed by atoms with Gasteiger partial charge in [0.15, 0.2) is 0 Å². The van der Waals surface area contributed by atoms with E-state index in [2.05, 4.69) is 48.8 Å². The lowest BCUT2D eigenvalue weighted by molar-refractivity contribution is 0.233. The second-order valence-electron chi connectivity index (χ2n) is 4.78. The Morgan fingerprint density at radius 2 is 2.13 bits per heavy atom. The molecule has 0 unspecified atom stereocenters. The van der Waals surface area contributed by atoms with E-state index in [-0.39, 0.29) is 5.41 Å². The van der Waals surface area contributed by atoms with Crippen molar-refractivity contribution in [3.63, 3.8) is 0 Å². The maximum atomic E-state index is 5.74. The van der Waals surface area contributed by atoms with E-state index in [9.17, 15) is 0 Å². The molecule has 0 amide bonds. The van der Waals surface area contributed by atoms with Gasteiger partial charge < -0.3 is 4.74 Å². The number of hydrogen-bond donors (Lipinski definition) is 0. The quantitative estimate of drug-likeness (QED) is 0.746. The van der Waals surface area contributed by atoms with E-state index < -0.39 is 0 Å². The third-order valence-corrected chi connectivity index (χ3v) is 3.98. The van der Waals surface area contributed by atoms with Crippen molar-refractivity contribution < 1.29 is 4.74 Å². The molecule has 0 spiro atoms. The molecule has 0 fully saturated rings. The van der Waals surface area contributed by atoms with Crippen LogP contribution in [0.3, 0.4) is 0 Å². The number of aryl methyl sites for hydroxylation is 1. The van der Waals surface area contributed by atoms with Crippen LogP contribution in [0.4, 0.5) is 0 Å². The molecule has 0 radical (unpaired) electrons. The van der Waals surface area contributed by atoms with Gasteiger partial charge in [-0.2, -0.15) is 0 Å². The molecule has 0 aliphatic carbocycles. The summed E-state index contributed by atoms with van der Waals surface area (Å²) < 4.78 is 6.95. The fourth-order valence-electron chi connectivity index (χ4n) is 2.07. The van der Waals surface area contributed by atoms with Crippen LogP contribution in [0.15, 0.2) is 16.6 Å². The highest BCUT2D eigenvalue weighted by atomic mass is 79.9. The van der Waals surface area contributed by atoms with Crippen molar-refractivity contribution in [1.29, 1.82) is 0 Å². The zero-order chi connectivity index (χ0) is 11.1. The van der Waals surface area contributed by atoms with Crippen molar-refractivity contribution in [3.05, 3.63) is 27.7 Å². The molecule has 0 aromatic heterocycles. The molecule has 82 valence electrons. The van der Waals surface area contributed by atoms with Crippen molar-refractivity contribution in [3.8, 4) is 5.75 Å². The monoisotopic (exact) mass is 268 g/mol. The van der Waals surface area contributed by atoms with E-state index in [0.29, 0.717) is 0 Å². The first-order chi connectivity index (χ1) is 7.04. The summed E-state index contributed by atoms with van der Waals surface area (Å²) in [5, 5.41) is 0. The Bertz CT molecular complexity index is 382. The first-order valence-electron chi connectivity index (χ1n) is 5.50. The van der Waals surface area contributed by atoms with Crippen LogP contribution in [0.5, 0.6) is 5.75 Å². The molecule has 2 rings (SSSR count). The first kappa shape index (κ1) is 11.0. The van der Waals surface area contributed by atoms with Gasteiger partial charge in [-0.05, 0) is 36.0 Å². The highest BCUT2D eigenvalue weighted by Crippen LogP contribution is 2.41. The number of ether oxygens (including phenoxy) is 1. The molecule has 1 heterocycles. The fraction of sp³-hybridized carbons (Fsp3) is 0.538. The lowest BCUT2D eigenvalue weighted by Gasteiger charge is -2.33. The van der Waals surface area contributed by atoms with Gasteiger partial charge in [-0.1, -0.05) is 36.7 Å². The molecule has 0 saturated heterocycles. The van der Waals surface area contributed by atoms with Crippen LogP contribution in [0.1, 0.15) is 38.3 Å². The maximum Gasteiger partial charge on any atom is 0.123 e. The minimum Gasteiger partial charge on any atom is -0.493 e. The van der Waals surface area contributed by atoms with Gasteiger partial charge in [0, 0.05) is 10.0 Å². The van der Waals surface area contributed by atoms with E-state index in [1.54, 1.807) is 0 Å². The molecule has 1 aliphatic heterocycles. The molecular formula is C13H17BrO. The molecule has 0 saturated carbocycles. The topological polar surface area (TPSA) is 9.23 Å². The molecule has 15 heavy (non-hydrogen) atoms. The summed E-state index contributed by atoms with van der Waals surface area (Å²) in [4.78, 5) is 0. The second-order valence-corrected chi connectivity index (χ2v) is 5.63. The summed E-state index contributed by atoms with van der Waals surface area (Å²) in [7, 11) is 0. The van der Waals surface area contributed by atoms with Crippen molar-refractivity contribution in [2.24, 2.45) is 0 Å². The van der Waals surface area contributed by atoms with Crippen LogP contribution >= 0.6 is 15.9 Å². The Hall–Kier alpha value is -0.500. The van der Waals surface area contributed by atoms with Crippen LogP contribution in [-0.4, -0.2) is 6.61 Å². The van der Waals surface area contributed by atoms with Crippen LogP contribution in [-0.2, 0) is 11.8 Å². The van der Waals surface area contributed by atoms with Gasteiger partial charge in [0.25, 0.3) is 0 Å². The Kier molecular flexibility index (Phi) is 2.80. The lowest BCUT2D eigenvalue weighted by atomic mass is 9.79. The Balaban J connectivity index is 2.55. The fourth-order valence-corrected chi connectivity index (χ4v) is 2.69. The minimum absolute atomic E-state index is 0.238. The number of benzene rings is 1. The largest absolute Gasteiger partial charge is 0.493 e. The third-order valence-electron chi connectivity index (χ3n) is 3.24. The van der Waals surface area contributed by atoms with Crippen LogP contribution < -0.4 is 4.74 Å². The molecule has 1 aromatic rings. The Morgan fingerprint density at radius 1 is 1.40 bits per heavy atom. The predicted octanol–water partition coefficient (Wildman–Crippen LogP) is 4.07. The molecule has 0 N–H and O–H groups in total. The first-order valence-corrected chi connectivity index (χ1v) is 6.29. The summed E-state index contributed by atoms with van der Waals surface area (Å²) in [6.07, 6.45) is 2.13. The van der Waals surface area contributed by atoms with Crippen molar-refractivity contribution in [2.75, 3.05) is 6.61 Å². The van der Waals surface area contributed by atoms with Crippen molar-refractivity contribution in [2.45, 2.75) is 39.0 Å². The van der Waals surface area contributed by atoms with E-state index in [4.69, 9.17) is 4.74 Å². The van der Waals surface area contributed by atoms with E-state index in [1.165, 1.54) is 15.6 Å². The molecule has 0 atom stereocenters. The molecular weight excluding hydrogens is 252 g/mol. The van der Waals surface area contributed by atoms with Gasteiger partial charge in [-0.3, -0.25) is 0 Å². The van der Waals surface area contributed by atoms with Gasteiger partial charge >= 0.3 is 0 Å². The van der Waals surface area contributed by atoms with Crippen LogP contribution in [0, 0.1) is 0 Å². The molecule has 1 nitrogen and oxygen atoms in total. The zero-order valence-electron chi connectivity index (χ0n) is 9.56. The summed E-state index contributed by atoms with van der Waals surface area (Å²) in [6, 6.07) is 4.41. The number of rotatable bonds is 1. The van der Waals surface area contributed by atoms with Crippen LogP contribution in [0.25, 0.3) is 0 Å². The maximum absolute atomic E-state index is 5.74. The normalized spacial score (nSPS) is 18.1. The van der Waals surface area contributed by atoms with Gasteiger partial charge in [-0.15, -0.1) is 0 Å². The second kappa shape index (κ2) is 3.82. The van der Waals surface area contributed by atoms with Crippen molar-refractivity contribution >= 4 is 15.9 Å². The summed E-state index contributed by atoms with van der Waals surface area (Å²) >= 11 is 3.63. The summed E-state index contributed by atoms with van der Waals surface area (Å²) in [5.74, 6) is 1.08. The number of hydrogen-bond acceptors (Lipinski definition) is 1. The summed E-state index contributed by atoms with van der Waals surface area (Å²) in [6.45, 7) is 7.57. The highest BCUT2D eigenvalue weighted by Gasteiger charge is 2.29. The van der Waals surface area contributed by atoms with E-state index in [0.717, 1.165) is 25.2 Å². The Morgan fingerprint density at radius 3 is 2.80 bits per heavy atom. The predicted molar refractivity (Wildman–Crippen MR) is 66.7 cm³/mol. The number of halogens is 1. The standard InChI is InChI=1S/C13H17BrO/c1-4-9-7-12-10(8-11(9)14)13(2,3)5-6-15-12/h7-8H,4-6H2,1-3H3. The van der Waals surface area contributed by atoms with Crippen molar-refractivity contribution in [1.82, 2.24) is 0 Å². The third kappa shape index (κ3) is 1.92. The summed E-state index contributed by atoms with van der Waals surface area (Å²) in [5.41, 5.74) is 2.90. The molecule has 1 aromatic carbocycles. The number of fused-ring (bicyclic) bond motifs is 1. The molecule has 1 aliphatic rings. The molecule has 0 bridgehead atoms. The van der Waals surface area contributed by atoms with Crippen LogP contribution in [0.2, 0.25) is 0 Å². The average molecular weight is 269 g/mol. The Labute approximate surface area is 100.0 Å². The zero-order valence-corrected chi connectivity index (χ0v) is 11.1. The lowest BCUT2D eigenvalue weighted by Crippen LogP contribution is -2.26. The van der Waals surface area contributed by atoms with E-state index in [1.807, 2.05) is 0 Å². The SMILES string of the molecule is CCc1cc2c(cc1Br)C(C)(C)CCO2. The average Bonchev–Trinajstić information content (AvgIpc) is 2.18. The minimum atomic E-state index is 0.238. The van der Waals surface area contributed by atoms with Gasteiger partial charge in [-0.25, -0.2) is 0 Å². The van der Waals surface area contributed by atoms with Gasteiger partial charge in [0.1, 0.15) is 5.75 Å². The smallest absolute Gasteiger partial charge is 0.123 e. The highest BCUT2D eigenvalue weighted by molar-refractivity contribution is 9.10. The molecule has 2 heteroatoms. The van der Waals surface area contributed by atoms with Gasteiger partial charge in [0.05, 0.1) is 6.61 Å². The van der Waals surface area contributed by atoms with Gasteiger partial charge in [0.2, 0.25) is 0 Å².